The van der Waals surface area contributed by atoms with Gasteiger partial charge in [0.05, 0.1) is 17.9 Å². The minimum absolute atomic E-state index is 0.0390. The molecule has 0 radical (unpaired) electrons. The minimum Gasteiger partial charge on any atom is -0.347 e. The summed E-state index contributed by atoms with van der Waals surface area (Å²) in [4.78, 5) is 6.54. The molecule has 9 heteroatoms. The van der Waals surface area contributed by atoms with E-state index in [2.05, 4.69) is 14.7 Å². The van der Waals surface area contributed by atoms with Crippen LogP contribution in [0.5, 0.6) is 0 Å². The van der Waals surface area contributed by atoms with Gasteiger partial charge in [0.15, 0.2) is 0 Å². The van der Waals surface area contributed by atoms with Gasteiger partial charge in [-0.2, -0.15) is 0 Å². The first-order valence-corrected chi connectivity index (χ1v) is 7.83. The number of nitrogens with two attached hydrogens (primary N) is 1. The number of sulfonamides is 1. The quantitative estimate of drug-likeness (QED) is 0.773. The first-order chi connectivity index (χ1) is 9.45. The van der Waals surface area contributed by atoms with E-state index < -0.39 is 10.0 Å². The van der Waals surface area contributed by atoms with Gasteiger partial charge in [0.2, 0.25) is 10.0 Å². The van der Waals surface area contributed by atoms with Crippen LogP contribution in [0.1, 0.15) is 11.3 Å². The van der Waals surface area contributed by atoms with Crippen LogP contribution >= 0.6 is 23.2 Å². The summed E-state index contributed by atoms with van der Waals surface area (Å²) < 4.78 is 26.8. The van der Waals surface area contributed by atoms with Crippen molar-refractivity contribution in [1.29, 1.82) is 0 Å². The SMILES string of the molecule is NCc1c(Cl)ccc(S(=O)(=O)NCc2cnc[nH]2)c1Cl. The van der Waals surface area contributed by atoms with Gasteiger partial charge in [-0.1, -0.05) is 23.2 Å². The fourth-order valence-corrected chi connectivity index (χ4v) is 3.54. The molecular weight excluding hydrogens is 323 g/mol. The molecular formula is C11H12Cl2N4O2S. The molecule has 0 spiro atoms. The highest BCUT2D eigenvalue weighted by molar-refractivity contribution is 7.89. The lowest BCUT2D eigenvalue weighted by atomic mass is 10.2. The zero-order valence-electron chi connectivity index (χ0n) is 10.2. The van der Waals surface area contributed by atoms with Crippen molar-refractivity contribution in [3.8, 4) is 0 Å². The average molecular weight is 335 g/mol. The van der Waals surface area contributed by atoms with E-state index in [1.807, 2.05) is 0 Å². The molecule has 0 saturated heterocycles. The maximum Gasteiger partial charge on any atom is 0.242 e. The summed E-state index contributed by atoms with van der Waals surface area (Å²) in [5.74, 6) is 0. The number of aromatic nitrogens is 2. The minimum atomic E-state index is -3.76. The van der Waals surface area contributed by atoms with Crippen LogP contribution in [0.2, 0.25) is 10.0 Å². The summed E-state index contributed by atoms with van der Waals surface area (Å²) in [6.07, 6.45) is 2.99. The molecule has 0 bridgehead atoms. The van der Waals surface area contributed by atoms with E-state index in [0.717, 1.165) is 0 Å². The zero-order valence-corrected chi connectivity index (χ0v) is 12.6. The fourth-order valence-electron chi connectivity index (χ4n) is 1.60. The molecule has 0 fully saturated rings. The van der Waals surface area contributed by atoms with Crippen molar-refractivity contribution in [3.05, 3.63) is 46.0 Å². The van der Waals surface area contributed by atoms with Crippen molar-refractivity contribution in [1.82, 2.24) is 14.7 Å². The molecule has 1 aromatic carbocycles. The largest absolute Gasteiger partial charge is 0.347 e. The molecule has 0 atom stereocenters. The lowest BCUT2D eigenvalue weighted by Gasteiger charge is -2.11. The van der Waals surface area contributed by atoms with Gasteiger partial charge in [-0.15, -0.1) is 0 Å². The number of hydrogen-bond acceptors (Lipinski definition) is 4. The monoisotopic (exact) mass is 334 g/mol. The molecule has 0 saturated carbocycles. The summed E-state index contributed by atoms with van der Waals surface area (Å²) in [5.41, 5.74) is 6.55. The molecule has 0 aliphatic carbocycles. The van der Waals surface area contributed by atoms with Gasteiger partial charge < -0.3 is 10.7 Å². The molecule has 1 aromatic heterocycles. The van der Waals surface area contributed by atoms with Crippen molar-refractivity contribution < 1.29 is 8.42 Å². The van der Waals surface area contributed by atoms with Gasteiger partial charge in [0.1, 0.15) is 4.90 Å². The Morgan fingerprint density at radius 2 is 2.10 bits per heavy atom. The molecule has 6 nitrogen and oxygen atoms in total. The van der Waals surface area contributed by atoms with E-state index in [1.165, 1.54) is 24.7 Å². The normalized spacial score (nSPS) is 11.8. The van der Waals surface area contributed by atoms with E-state index >= 15 is 0 Å². The fraction of sp³-hybridized carbons (Fsp3) is 0.182. The Bertz CT molecular complexity index is 701. The Morgan fingerprint density at radius 1 is 1.35 bits per heavy atom. The third-order valence-corrected chi connectivity index (χ3v) is 4.99. The van der Waals surface area contributed by atoms with Gasteiger partial charge in [0, 0.05) is 29.0 Å². The first kappa shape index (κ1) is 15.3. The van der Waals surface area contributed by atoms with Crippen molar-refractivity contribution >= 4 is 33.2 Å². The van der Waals surface area contributed by atoms with Crippen LogP contribution in [0.25, 0.3) is 0 Å². The number of nitrogens with one attached hydrogen (secondary N) is 2. The van der Waals surface area contributed by atoms with Gasteiger partial charge in [-0.25, -0.2) is 18.1 Å². The Morgan fingerprint density at radius 3 is 2.70 bits per heavy atom. The summed E-state index contributed by atoms with van der Waals surface area (Å²) in [6, 6.07) is 2.81. The highest BCUT2D eigenvalue weighted by Gasteiger charge is 2.21. The number of nitrogens with zero attached hydrogens (tertiary/aromatic N) is 1. The third-order valence-electron chi connectivity index (χ3n) is 2.65. The van der Waals surface area contributed by atoms with E-state index in [0.29, 0.717) is 16.3 Å². The topological polar surface area (TPSA) is 101 Å². The van der Waals surface area contributed by atoms with Crippen molar-refractivity contribution in [2.24, 2.45) is 5.73 Å². The number of H-pyrrole nitrogens is 1. The van der Waals surface area contributed by atoms with Crippen LogP contribution in [0, 0.1) is 0 Å². The van der Waals surface area contributed by atoms with Crippen molar-refractivity contribution in [2.75, 3.05) is 0 Å². The van der Waals surface area contributed by atoms with Crippen LogP contribution in [0.3, 0.4) is 0 Å². The Balaban J connectivity index is 2.30. The predicted molar refractivity (Wildman–Crippen MR) is 77.0 cm³/mol. The smallest absolute Gasteiger partial charge is 0.242 e. The zero-order chi connectivity index (χ0) is 14.8. The highest BCUT2D eigenvalue weighted by Crippen LogP contribution is 2.30. The third kappa shape index (κ3) is 3.13. The van der Waals surface area contributed by atoms with Crippen LogP contribution < -0.4 is 10.5 Å². The molecule has 108 valence electrons. The van der Waals surface area contributed by atoms with E-state index in [1.54, 1.807) is 0 Å². The second kappa shape index (κ2) is 6.11. The number of hydrogen-bond donors (Lipinski definition) is 3. The molecule has 0 aliphatic heterocycles. The summed E-state index contributed by atoms with van der Waals surface area (Å²) in [6.45, 7) is 0.140. The number of aromatic amines is 1. The van der Waals surface area contributed by atoms with E-state index in [-0.39, 0.29) is 23.0 Å². The van der Waals surface area contributed by atoms with Gasteiger partial charge >= 0.3 is 0 Å². The van der Waals surface area contributed by atoms with Crippen LogP contribution in [0.15, 0.2) is 29.6 Å². The molecule has 2 rings (SSSR count). The Hall–Kier alpha value is -1.12. The molecule has 1 heterocycles. The van der Waals surface area contributed by atoms with Crippen LogP contribution in [0.4, 0.5) is 0 Å². The number of halogens is 2. The van der Waals surface area contributed by atoms with Gasteiger partial charge in [-0.3, -0.25) is 0 Å². The van der Waals surface area contributed by atoms with Crippen LogP contribution in [-0.2, 0) is 23.1 Å². The molecule has 0 amide bonds. The molecule has 0 aliphatic rings. The van der Waals surface area contributed by atoms with Gasteiger partial charge in [-0.05, 0) is 12.1 Å². The molecule has 20 heavy (non-hydrogen) atoms. The molecule has 2 aromatic rings. The maximum atomic E-state index is 12.2. The maximum absolute atomic E-state index is 12.2. The van der Waals surface area contributed by atoms with Crippen molar-refractivity contribution in [2.45, 2.75) is 18.0 Å². The number of rotatable bonds is 5. The van der Waals surface area contributed by atoms with E-state index in [9.17, 15) is 8.42 Å². The Kier molecular flexibility index (Phi) is 4.66. The molecule has 4 N–H and O–H groups in total. The lowest BCUT2D eigenvalue weighted by molar-refractivity contribution is 0.580. The van der Waals surface area contributed by atoms with Gasteiger partial charge in [0.25, 0.3) is 0 Å². The second-order valence-electron chi connectivity index (χ2n) is 3.94. The standard InChI is InChI=1S/C11H12Cl2N4O2S/c12-9-1-2-10(11(13)8(9)3-14)20(18,19)17-5-7-4-15-6-16-7/h1-2,4,6,17H,3,5,14H2,(H,15,16). The number of benzene rings is 1. The summed E-state index contributed by atoms with van der Waals surface area (Å²) in [5, 5.41) is 0.377. The predicted octanol–water partition coefficient (Wildman–Crippen LogP) is 1.65. The lowest BCUT2D eigenvalue weighted by Crippen LogP contribution is -2.24. The Labute approximate surface area is 126 Å². The first-order valence-electron chi connectivity index (χ1n) is 5.59. The highest BCUT2D eigenvalue weighted by atomic mass is 35.5. The number of imidazole rings is 1. The average Bonchev–Trinajstić information content (AvgIpc) is 2.90. The summed E-state index contributed by atoms with van der Waals surface area (Å²) in [7, 11) is -3.76. The van der Waals surface area contributed by atoms with E-state index in [4.69, 9.17) is 28.9 Å². The van der Waals surface area contributed by atoms with Crippen LogP contribution in [-0.4, -0.2) is 18.4 Å². The second-order valence-corrected chi connectivity index (χ2v) is 6.46. The molecule has 0 unspecified atom stereocenters. The van der Waals surface area contributed by atoms with Crippen molar-refractivity contribution in [3.63, 3.8) is 0 Å². The summed E-state index contributed by atoms with van der Waals surface area (Å²) >= 11 is 12.0.